The van der Waals surface area contributed by atoms with Gasteiger partial charge in [0.15, 0.2) is 5.82 Å². The normalized spacial score (nSPS) is 11.8. The summed E-state index contributed by atoms with van der Waals surface area (Å²) in [5.74, 6) is 0.666. The zero-order valence-corrected chi connectivity index (χ0v) is 12.4. The standard InChI is InChI=1S/C14H21N5O/c1-5-20-14(3,4)9-19-13(16-17-18-19)11-8-6-7-10(2)12(11)15/h6-8H,5,9,15H2,1-4H3. The molecule has 1 aromatic carbocycles. The van der Waals surface area contributed by atoms with Gasteiger partial charge in [-0.25, -0.2) is 4.68 Å². The number of para-hydroxylation sites is 1. The summed E-state index contributed by atoms with van der Waals surface area (Å²) in [5.41, 5.74) is 8.36. The summed E-state index contributed by atoms with van der Waals surface area (Å²) in [6, 6.07) is 5.85. The zero-order valence-electron chi connectivity index (χ0n) is 12.4. The number of benzene rings is 1. The van der Waals surface area contributed by atoms with Crippen molar-refractivity contribution in [3.8, 4) is 11.4 Å². The van der Waals surface area contributed by atoms with Crippen LogP contribution < -0.4 is 5.73 Å². The van der Waals surface area contributed by atoms with Gasteiger partial charge in [0.2, 0.25) is 0 Å². The molecule has 0 atom stereocenters. The molecule has 0 radical (unpaired) electrons. The fraction of sp³-hybridized carbons (Fsp3) is 0.500. The Morgan fingerprint density at radius 1 is 1.35 bits per heavy atom. The van der Waals surface area contributed by atoms with Gasteiger partial charge in [-0.15, -0.1) is 5.10 Å². The van der Waals surface area contributed by atoms with E-state index < -0.39 is 0 Å². The molecule has 1 aromatic heterocycles. The van der Waals surface area contributed by atoms with Crippen LogP contribution in [0.25, 0.3) is 11.4 Å². The number of tetrazole rings is 1. The lowest BCUT2D eigenvalue weighted by atomic mass is 10.1. The second-order valence-electron chi connectivity index (χ2n) is 5.39. The van der Waals surface area contributed by atoms with Gasteiger partial charge in [-0.05, 0) is 49.8 Å². The highest BCUT2D eigenvalue weighted by Crippen LogP contribution is 2.27. The van der Waals surface area contributed by atoms with Gasteiger partial charge >= 0.3 is 0 Å². The Kier molecular flexibility index (Phi) is 4.04. The predicted molar refractivity (Wildman–Crippen MR) is 78.1 cm³/mol. The minimum atomic E-state index is -0.336. The molecule has 0 bridgehead atoms. The zero-order chi connectivity index (χ0) is 14.8. The van der Waals surface area contributed by atoms with Gasteiger partial charge in [0, 0.05) is 17.9 Å². The number of nitrogen functional groups attached to an aromatic ring is 1. The third-order valence-corrected chi connectivity index (χ3v) is 3.16. The average molecular weight is 275 g/mol. The molecule has 0 unspecified atom stereocenters. The van der Waals surface area contributed by atoms with E-state index in [0.29, 0.717) is 24.7 Å². The molecule has 0 aliphatic rings. The average Bonchev–Trinajstić information content (AvgIpc) is 2.79. The summed E-state index contributed by atoms with van der Waals surface area (Å²) in [5, 5.41) is 11.9. The van der Waals surface area contributed by atoms with E-state index in [2.05, 4.69) is 15.5 Å². The lowest BCUT2D eigenvalue weighted by Crippen LogP contribution is -2.31. The molecule has 6 nitrogen and oxygen atoms in total. The molecule has 1 heterocycles. The molecule has 108 valence electrons. The molecule has 0 saturated carbocycles. The Balaban J connectivity index is 2.36. The van der Waals surface area contributed by atoms with Gasteiger partial charge in [0.25, 0.3) is 0 Å². The van der Waals surface area contributed by atoms with E-state index in [1.54, 1.807) is 4.68 Å². The molecule has 6 heteroatoms. The summed E-state index contributed by atoms with van der Waals surface area (Å²) < 4.78 is 7.44. The molecule has 2 rings (SSSR count). The molecule has 0 aliphatic carbocycles. The second kappa shape index (κ2) is 5.58. The molecule has 0 spiro atoms. The van der Waals surface area contributed by atoms with Crippen LogP contribution in [0.15, 0.2) is 18.2 Å². The monoisotopic (exact) mass is 275 g/mol. The number of hydrogen-bond donors (Lipinski definition) is 1. The Labute approximate surface area is 118 Å². The maximum Gasteiger partial charge on any atom is 0.184 e. The quantitative estimate of drug-likeness (QED) is 0.845. The van der Waals surface area contributed by atoms with Gasteiger partial charge in [0.05, 0.1) is 12.1 Å². The lowest BCUT2D eigenvalue weighted by Gasteiger charge is -2.24. The lowest BCUT2D eigenvalue weighted by molar-refractivity contribution is -0.0246. The summed E-state index contributed by atoms with van der Waals surface area (Å²) in [6.45, 7) is 9.19. The molecule has 2 aromatic rings. The van der Waals surface area contributed by atoms with E-state index in [4.69, 9.17) is 10.5 Å². The second-order valence-corrected chi connectivity index (χ2v) is 5.39. The number of hydrogen-bond acceptors (Lipinski definition) is 5. The summed E-state index contributed by atoms with van der Waals surface area (Å²) in [4.78, 5) is 0. The van der Waals surface area contributed by atoms with E-state index in [1.165, 1.54) is 0 Å². The minimum Gasteiger partial charge on any atom is -0.398 e. The number of nitrogens with two attached hydrogens (primary N) is 1. The summed E-state index contributed by atoms with van der Waals surface area (Å²) >= 11 is 0. The Morgan fingerprint density at radius 2 is 2.10 bits per heavy atom. The smallest absolute Gasteiger partial charge is 0.184 e. The van der Waals surface area contributed by atoms with Gasteiger partial charge in [-0.1, -0.05) is 12.1 Å². The maximum atomic E-state index is 6.12. The highest BCUT2D eigenvalue weighted by atomic mass is 16.5. The van der Waals surface area contributed by atoms with Crippen LogP contribution in [0.2, 0.25) is 0 Å². The number of rotatable bonds is 5. The van der Waals surface area contributed by atoms with E-state index >= 15 is 0 Å². The van der Waals surface area contributed by atoms with Crippen molar-refractivity contribution in [1.82, 2.24) is 20.2 Å². The van der Waals surface area contributed by atoms with Gasteiger partial charge in [-0.2, -0.15) is 0 Å². The Hall–Kier alpha value is -1.95. The van der Waals surface area contributed by atoms with E-state index in [9.17, 15) is 0 Å². The fourth-order valence-corrected chi connectivity index (χ4v) is 2.18. The van der Waals surface area contributed by atoms with Crippen molar-refractivity contribution in [2.24, 2.45) is 0 Å². The highest BCUT2D eigenvalue weighted by molar-refractivity contribution is 5.73. The summed E-state index contributed by atoms with van der Waals surface area (Å²) in [7, 11) is 0. The SMILES string of the molecule is CCOC(C)(C)Cn1nnnc1-c1cccc(C)c1N. The minimum absolute atomic E-state index is 0.336. The first-order valence-corrected chi connectivity index (χ1v) is 6.70. The first kappa shape index (κ1) is 14.5. The first-order chi connectivity index (χ1) is 9.44. The molecular formula is C14H21N5O. The van der Waals surface area contributed by atoms with E-state index in [1.807, 2.05) is 45.9 Å². The topological polar surface area (TPSA) is 78.8 Å². The third kappa shape index (κ3) is 2.96. The molecule has 0 amide bonds. The van der Waals surface area contributed by atoms with E-state index in [-0.39, 0.29) is 5.60 Å². The molecular weight excluding hydrogens is 254 g/mol. The van der Waals surface area contributed by atoms with Crippen molar-refractivity contribution < 1.29 is 4.74 Å². The van der Waals surface area contributed by atoms with Crippen LogP contribution in [0, 0.1) is 6.92 Å². The number of anilines is 1. The van der Waals surface area contributed by atoms with Gasteiger partial charge < -0.3 is 10.5 Å². The van der Waals surface area contributed by atoms with Gasteiger partial charge in [-0.3, -0.25) is 0 Å². The van der Waals surface area contributed by atoms with Crippen LogP contribution >= 0.6 is 0 Å². The maximum absolute atomic E-state index is 6.12. The van der Waals surface area contributed by atoms with Crippen LogP contribution in [0.5, 0.6) is 0 Å². The molecule has 0 saturated heterocycles. The van der Waals surface area contributed by atoms with Crippen molar-refractivity contribution in [2.45, 2.75) is 39.8 Å². The first-order valence-electron chi connectivity index (χ1n) is 6.70. The van der Waals surface area contributed by atoms with Crippen molar-refractivity contribution in [2.75, 3.05) is 12.3 Å². The Morgan fingerprint density at radius 3 is 2.80 bits per heavy atom. The molecule has 0 aliphatic heterocycles. The Bertz CT molecular complexity index is 591. The number of nitrogens with zero attached hydrogens (tertiary/aromatic N) is 4. The molecule has 0 fully saturated rings. The van der Waals surface area contributed by atoms with Crippen LogP contribution in [-0.2, 0) is 11.3 Å². The summed E-state index contributed by atoms with van der Waals surface area (Å²) in [6.07, 6.45) is 0. The number of aryl methyl sites for hydroxylation is 1. The van der Waals surface area contributed by atoms with Crippen molar-refractivity contribution in [3.05, 3.63) is 23.8 Å². The number of aromatic nitrogens is 4. The highest BCUT2D eigenvalue weighted by Gasteiger charge is 2.22. The van der Waals surface area contributed by atoms with Crippen molar-refractivity contribution in [1.29, 1.82) is 0 Å². The van der Waals surface area contributed by atoms with Crippen LogP contribution in [0.3, 0.4) is 0 Å². The van der Waals surface area contributed by atoms with E-state index in [0.717, 1.165) is 11.1 Å². The fourth-order valence-electron chi connectivity index (χ4n) is 2.18. The van der Waals surface area contributed by atoms with Crippen molar-refractivity contribution >= 4 is 5.69 Å². The van der Waals surface area contributed by atoms with Crippen LogP contribution in [0.1, 0.15) is 26.3 Å². The van der Waals surface area contributed by atoms with Crippen LogP contribution in [-0.4, -0.2) is 32.4 Å². The molecule has 20 heavy (non-hydrogen) atoms. The molecule has 2 N–H and O–H groups in total. The van der Waals surface area contributed by atoms with Crippen molar-refractivity contribution in [3.63, 3.8) is 0 Å². The van der Waals surface area contributed by atoms with Gasteiger partial charge in [0.1, 0.15) is 0 Å². The number of ether oxygens (including phenoxy) is 1. The predicted octanol–water partition coefficient (Wildman–Crippen LogP) is 2.05. The van der Waals surface area contributed by atoms with Crippen LogP contribution in [0.4, 0.5) is 5.69 Å². The largest absolute Gasteiger partial charge is 0.398 e. The third-order valence-electron chi connectivity index (χ3n) is 3.16.